The third kappa shape index (κ3) is 2.74. The van der Waals surface area contributed by atoms with E-state index in [1.807, 2.05) is 13.8 Å². The monoisotopic (exact) mass is 311 g/mol. The van der Waals surface area contributed by atoms with Crippen LogP contribution in [0.25, 0.3) is 0 Å². The maximum atomic E-state index is 12.6. The van der Waals surface area contributed by atoms with E-state index in [1.165, 1.54) is 16.2 Å². The van der Waals surface area contributed by atoms with Crippen LogP contribution in [0.15, 0.2) is 5.51 Å². The Hall–Kier alpha value is -1.63. The van der Waals surface area contributed by atoms with Crippen molar-refractivity contribution in [3.63, 3.8) is 0 Å². The van der Waals surface area contributed by atoms with E-state index in [4.69, 9.17) is 0 Å². The van der Waals surface area contributed by atoms with Crippen molar-refractivity contribution in [1.82, 2.24) is 14.8 Å². The van der Waals surface area contributed by atoms with Crippen molar-refractivity contribution in [3.8, 4) is 0 Å². The summed E-state index contributed by atoms with van der Waals surface area (Å²) in [6, 6.07) is -0.218. The Morgan fingerprint density at radius 3 is 2.81 bits per heavy atom. The van der Waals surface area contributed by atoms with Crippen molar-refractivity contribution < 1.29 is 14.7 Å². The van der Waals surface area contributed by atoms with Gasteiger partial charge in [-0.2, -0.15) is 0 Å². The van der Waals surface area contributed by atoms with Gasteiger partial charge in [0.1, 0.15) is 5.54 Å². The first-order valence-corrected chi connectivity index (χ1v) is 7.95. The van der Waals surface area contributed by atoms with E-state index < -0.39 is 11.5 Å². The second kappa shape index (κ2) is 6.01. The molecule has 6 nitrogen and oxygen atoms in total. The molecule has 1 N–H and O–H groups in total. The standard InChI is InChI=1S/C14H21N3O3S/c1-4-14(12(18)19)6-5-7-17(14)13(20)16(3)8-11-10(2)15-9-21-11/h9H,4-8H2,1-3H3,(H,18,19). The van der Waals surface area contributed by atoms with Gasteiger partial charge in [0.15, 0.2) is 0 Å². The Morgan fingerprint density at radius 2 is 2.29 bits per heavy atom. The highest BCUT2D eigenvalue weighted by Crippen LogP contribution is 2.33. The van der Waals surface area contributed by atoms with Gasteiger partial charge in [-0.25, -0.2) is 14.6 Å². The molecule has 1 aromatic heterocycles. The fraction of sp³-hybridized carbons (Fsp3) is 0.643. The van der Waals surface area contributed by atoms with Crippen molar-refractivity contribution in [2.45, 2.75) is 45.2 Å². The van der Waals surface area contributed by atoms with Gasteiger partial charge in [0.25, 0.3) is 0 Å². The van der Waals surface area contributed by atoms with Crippen LogP contribution in [0.1, 0.15) is 36.8 Å². The van der Waals surface area contributed by atoms with Gasteiger partial charge < -0.3 is 14.9 Å². The fourth-order valence-corrected chi connectivity index (χ4v) is 3.70. The molecule has 1 aromatic rings. The van der Waals surface area contributed by atoms with Gasteiger partial charge in [0.2, 0.25) is 0 Å². The lowest BCUT2D eigenvalue weighted by molar-refractivity contribution is -0.148. The summed E-state index contributed by atoms with van der Waals surface area (Å²) < 4.78 is 0. The number of carbonyl (C=O) groups excluding carboxylic acids is 1. The molecule has 1 fully saturated rings. The van der Waals surface area contributed by atoms with Gasteiger partial charge in [-0.15, -0.1) is 11.3 Å². The summed E-state index contributed by atoms with van der Waals surface area (Å²) in [5, 5.41) is 9.55. The largest absolute Gasteiger partial charge is 0.479 e. The Morgan fingerprint density at radius 1 is 1.57 bits per heavy atom. The number of amides is 2. The van der Waals surface area contributed by atoms with Crippen LogP contribution in [-0.2, 0) is 11.3 Å². The van der Waals surface area contributed by atoms with Gasteiger partial charge in [-0.05, 0) is 26.2 Å². The van der Waals surface area contributed by atoms with E-state index in [-0.39, 0.29) is 6.03 Å². The van der Waals surface area contributed by atoms with E-state index in [9.17, 15) is 14.7 Å². The molecule has 1 saturated heterocycles. The number of thiazole rings is 1. The average Bonchev–Trinajstić information content (AvgIpc) is 3.05. The number of carbonyl (C=O) groups is 2. The van der Waals surface area contributed by atoms with E-state index in [0.717, 1.165) is 17.0 Å². The van der Waals surface area contributed by atoms with E-state index in [1.54, 1.807) is 17.5 Å². The van der Waals surface area contributed by atoms with Crippen LogP contribution in [-0.4, -0.2) is 51.0 Å². The first kappa shape index (κ1) is 15.8. The molecule has 0 bridgehead atoms. The van der Waals surface area contributed by atoms with Crippen molar-refractivity contribution in [1.29, 1.82) is 0 Å². The minimum atomic E-state index is -1.05. The number of carboxylic acid groups (broad SMARTS) is 1. The maximum absolute atomic E-state index is 12.6. The third-order valence-electron chi connectivity index (χ3n) is 4.25. The molecule has 2 heterocycles. The third-order valence-corrected chi connectivity index (χ3v) is 5.17. The molecule has 0 aliphatic carbocycles. The average molecular weight is 311 g/mol. The maximum Gasteiger partial charge on any atom is 0.329 e. The molecule has 1 aliphatic heterocycles. The molecule has 7 heteroatoms. The molecule has 1 atom stereocenters. The lowest BCUT2D eigenvalue weighted by atomic mass is 9.93. The zero-order valence-corrected chi connectivity index (χ0v) is 13.4. The van der Waals surface area contributed by atoms with Gasteiger partial charge in [0.05, 0.1) is 17.7 Å². The van der Waals surface area contributed by atoms with Crippen LogP contribution in [0.3, 0.4) is 0 Å². The molecule has 1 unspecified atom stereocenters. The second-order valence-corrected chi connectivity index (χ2v) is 6.38. The minimum absolute atomic E-state index is 0.218. The van der Waals surface area contributed by atoms with Crippen molar-refractivity contribution in [2.75, 3.05) is 13.6 Å². The summed E-state index contributed by atoms with van der Waals surface area (Å²) >= 11 is 1.51. The Kier molecular flexibility index (Phi) is 4.51. The molecular weight excluding hydrogens is 290 g/mol. The zero-order chi connectivity index (χ0) is 15.6. The number of aliphatic carboxylic acids is 1. The highest BCUT2D eigenvalue weighted by atomic mass is 32.1. The molecule has 0 radical (unpaired) electrons. The zero-order valence-electron chi connectivity index (χ0n) is 12.6. The topological polar surface area (TPSA) is 73.7 Å². The summed E-state index contributed by atoms with van der Waals surface area (Å²) in [4.78, 5) is 32.6. The van der Waals surface area contributed by atoms with E-state index >= 15 is 0 Å². The van der Waals surface area contributed by atoms with Crippen LogP contribution >= 0.6 is 11.3 Å². The lowest BCUT2D eigenvalue weighted by Gasteiger charge is -2.36. The number of likely N-dealkylation sites (tertiary alicyclic amines) is 1. The molecule has 116 valence electrons. The number of aryl methyl sites for hydroxylation is 1. The summed E-state index contributed by atoms with van der Waals surface area (Å²) in [5.74, 6) is -0.904. The van der Waals surface area contributed by atoms with Gasteiger partial charge in [0, 0.05) is 18.5 Å². The summed E-state index contributed by atoms with van der Waals surface area (Å²) in [6.45, 7) is 4.71. The SMILES string of the molecule is CCC1(C(=O)O)CCCN1C(=O)N(C)Cc1scnc1C. The Balaban J connectivity index is 2.15. The number of urea groups is 1. The molecule has 2 rings (SSSR count). The smallest absolute Gasteiger partial charge is 0.329 e. The quantitative estimate of drug-likeness (QED) is 0.926. The number of hydrogen-bond donors (Lipinski definition) is 1. The summed E-state index contributed by atoms with van der Waals surface area (Å²) in [6.07, 6.45) is 1.69. The number of nitrogens with zero attached hydrogens (tertiary/aromatic N) is 3. The first-order chi connectivity index (χ1) is 9.92. The Labute approximate surface area is 128 Å². The number of rotatable bonds is 4. The van der Waals surface area contributed by atoms with Gasteiger partial charge in [-0.1, -0.05) is 6.92 Å². The molecular formula is C14H21N3O3S. The van der Waals surface area contributed by atoms with Crippen LogP contribution in [0, 0.1) is 6.92 Å². The van der Waals surface area contributed by atoms with E-state index in [2.05, 4.69) is 4.98 Å². The molecule has 0 aromatic carbocycles. The molecule has 21 heavy (non-hydrogen) atoms. The second-order valence-electron chi connectivity index (χ2n) is 5.45. The summed E-state index contributed by atoms with van der Waals surface area (Å²) in [7, 11) is 1.71. The molecule has 2 amide bonds. The van der Waals surface area contributed by atoms with Gasteiger partial charge in [-0.3, -0.25) is 0 Å². The van der Waals surface area contributed by atoms with Crippen LogP contribution in [0.2, 0.25) is 0 Å². The summed E-state index contributed by atoms with van der Waals surface area (Å²) in [5.41, 5.74) is 1.63. The predicted molar refractivity (Wildman–Crippen MR) is 80.3 cm³/mol. The van der Waals surface area contributed by atoms with Crippen molar-refractivity contribution >= 4 is 23.3 Å². The van der Waals surface area contributed by atoms with Gasteiger partial charge >= 0.3 is 12.0 Å². The normalized spacial score (nSPS) is 21.6. The lowest BCUT2D eigenvalue weighted by Crippen LogP contribution is -2.55. The highest BCUT2D eigenvalue weighted by molar-refractivity contribution is 7.09. The van der Waals surface area contributed by atoms with Crippen molar-refractivity contribution in [2.24, 2.45) is 0 Å². The number of carboxylic acids is 1. The first-order valence-electron chi connectivity index (χ1n) is 7.07. The molecule has 1 aliphatic rings. The molecule has 0 saturated carbocycles. The van der Waals surface area contributed by atoms with E-state index in [0.29, 0.717) is 25.9 Å². The minimum Gasteiger partial charge on any atom is -0.479 e. The highest BCUT2D eigenvalue weighted by Gasteiger charge is 2.49. The van der Waals surface area contributed by atoms with Crippen LogP contribution in [0.5, 0.6) is 0 Å². The Bertz CT molecular complexity index is 545. The molecule has 0 spiro atoms. The number of aromatic nitrogens is 1. The fourth-order valence-electron chi connectivity index (χ4n) is 2.87. The van der Waals surface area contributed by atoms with Crippen LogP contribution < -0.4 is 0 Å². The predicted octanol–water partition coefficient (Wildman–Crippen LogP) is 2.33. The van der Waals surface area contributed by atoms with Crippen LogP contribution in [0.4, 0.5) is 4.79 Å². The van der Waals surface area contributed by atoms with Crippen molar-refractivity contribution in [3.05, 3.63) is 16.1 Å². The number of hydrogen-bond acceptors (Lipinski definition) is 4.